The fraction of sp³-hybridized carbons (Fsp3) is 0.238. The number of amides is 1. The number of esters is 1. The van der Waals surface area contributed by atoms with Gasteiger partial charge in [0.1, 0.15) is 6.61 Å². The van der Waals surface area contributed by atoms with E-state index in [4.69, 9.17) is 4.74 Å². The molecule has 28 heavy (non-hydrogen) atoms. The molecule has 2 heterocycles. The number of nitrogens with zero attached hydrogens (tertiary/aromatic N) is 1. The van der Waals surface area contributed by atoms with E-state index >= 15 is 0 Å². The molecule has 2 aromatic carbocycles. The Balaban J connectivity index is 1.77. The van der Waals surface area contributed by atoms with E-state index < -0.39 is 23.6 Å². The molecule has 0 radical (unpaired) electrons. The molecule has 1 atom stereocenters. The zero-order chi connectivity index (χ0) is 20.1. The summed E-state index contributed by atoms with van der Waals surface area (Å²) in [6, 6.07) is 11.9. The van der Waals surface area contributed by atoms with Gasteiger partial charge >= 0.3 is 12.1 Å². The predicted molar refractivity (Wildman–Crippen MR) is 95.5 cm³/mol. The van der Waals surface area contributed by atoms with E-state index in [9.17, 15) is 22.8 Å². The second kappa shape index (κ2) is 6.51. The average molecular weight is 387 g/mol. The van der Waals surface area contributed by atoms with Gasteiger partial charge in [-0.2, -0.15) is 13.2 Å². The highest BCUT2D eigenvalue weighted by atomic mass is 19.4. The molecule has 4 rings (SSSR count). The van der Waals surface area contributed by atoms with Gasteiger partial charge in [0.2, 0.25) is 5.91 Å². The highest BCUT2D eigenvalue weighted by Crippen LogP contribution is 2.42. The second-order valence-electron chi connectivity index (χ2n) is 6.88. The van der Waals surface area contributed by atoms with Crippen LogP contribution in [0.2, 0.25) is 0 Å². The fourth-order valence-corrected chi connectivity index (χ4v) is 3.71. The number of anilines is 1. The normalized spacial score (nSPS) is 19.7. The molecule has 0 N–H and O–H groups in total. The molecule has 144 valence electrons. The number of rotatable bonds is 2. The van der Waals surface area contributed by atoms with Crippen molar-refractivity contribution in [1.29, 1.82) is 0 Å². The molecule has 4 nitrogen and oxygen atoms in total. The molecule has 0 unspecified atom stereocenters. The number of carbonyl (C=O) groups excluding carboxylic acids is 2. The molecular formula is C21H16F3NO3. The molecule has 7 heteroatoms. The summed E-state index contributed by atoms with van der Waals surface area (Å²) in [6.45, 7) is 1.86. The van der Waals surface area contributed by atoms with Crippen LogP contribution in [0.4, 0.5) is 18.9 Å². The van der Waals surface area contributed by atoms with Crippen molar-refractivity contribution in [1.82, 2.24) is 0 Å². The van der Waals surface area contributed by atoms with Gasteiger partial charge < -0.3 is 4.74 Å². The lowest BCUT2D eigenvalue weighted by molar-refractivity contribution is -0.138. The van der Waals surface area contributed by atoms with Crippen molar-refractivity contribution in [3.05, 3.63) is 76.5 Å². The molecule has 2 aliphatic rings. The van der Waals surface area contributed by atoms with Crippen molar-refractivity contribution in [2.24, 2.45) is 0 Å². The smallest absolute Gasteiger partial charge is 0.416 e. The third kappa shape index (κ3) is 3.06. The van der Waals surface area contributed by atoms with Gasteiger partial charge in [0, 0.05) is 18.0 Å². The summed E-state index contributed by atoms with van der Waals surface area (Å²) >= 11 is 0. The number of ether oxygens (including phenoxy) is 1. The average Bonchev–Trinajstić information content (AvgIpc) is 3.02. The Kier molecular flexibility index (Phi) is 4.25. The van der Waals surface area contributed by atoms with E-state index in [2.05, 4.69) is 0 Å². The van der Waals surface area contributed by atoms with E-state index in [1.165, 1.54) is 17.0 Å². The Hall–Kier alpha value is -3.09. The summed E-state index contributed by atoms with van der Waals surface area (Å²) in [4.78, 5) is 26.8. The summed E-state index contributed by atoms with van der Waals surface area (Å²) in [5, 5.41) is 0. The van der Waals surface area contributed by atoms with Crippen LogP contribution >= 0.6 is 0 Å². The number of hydrogen-bond acceptors (Lipinski definition) is 3. The Morgan fingerprint density at radius 2 is 1.79 bits per heavy atom. The van der Waals surface area contributed by atoms with Crippen molar-refractivity contribution in [2.75, 3.05) is 11.5 Å². The van der Waals surface area contributed by atoms with Crippen LogP contribution in [0.3, 0.4) is 0 Å². The summed E-state index contributed by atoms with van der Waals surface area (Å²) in [5.74, 6) is -1.39. The number of carbonyl (C=O) groups is 2. The summed E-state index contributed by atoms with van der Waals surface area (Å²) in [5.41, 5.74) is 2.10. The first-order valence-electron chi connectivity index (χ1n) is 8.72. The minimum Gasteiger partial charge on any atom is -0.456 e. The topological polar surface area (TPSA) is 46.6 Å². The van der Waals surface area contributed by atoms with Gasteiger partial charge in [-0.25, -0.2) is 4.79 Å². The molecule has 0 fully saturated rings. The minimum absolute atomic E-state index is 0.0206. The Bertz CT molecular complexity index is 993. The lowest BCUT2D eigenvalue weighted by atomic mass is 9.84. The molecule has 2 aromatic rings. The van der Waals surface area contributed by atoms with Crippen LogP contribution in [0.1, 0.15) is 29.0 Å². The van der Waals surface area contributed by atoms with E-state index in [1.807, 2.05) is 25.1 Å². The first kappa shape index (κ1) is 18.3. The van der Waals surface area contributed by atoms with E-state index in [0.29, 0.717) is 22.5 Å². The number of hydrogen-bond donors (Lipinski definition) is 0. The molecule has 1 amide bonds. The third-order valence-corrected chi connectivity index (χ3v) is 5.02. The van der Waals surface area contributed by atoms with Gasteiger partial charge in [0.15, 0.2) is 0 Å². The fourth-order valence-electron chi connectivity index (χ4n) is 3.71. The lowest BCUT2D eigenvalue weighted by Gasteiger charge is -2.32. The molecule has 0 saturated heterocycles. The van der Waals surface area contributed by atoms with E-state index in [0.717, 1.165) is 17.7 Å². The molecule has 0 aromatic heterocycles. The number of halogens is 3. The van der Waals surface area contributed by atoms with Crippen LogP contribution in [0.25, 0.3) is 0 Å². The van der Waals surface area contributed by atoms with Crippen molar-refractivity contribution in [3.8, 4) is 0 Å². The molecule has 0 aliphatic carbocycles. The van der Waals surface area contributed by atoms with Gasteiger partial charge in [0.25, 0.3) is 0 Å². The zero-order valence-electron chi connectivity index (χ0n) is 14.9. The van der Waals surface area contributed by atoms with Crippen LogP contribution in [0, 0.1) is 6.92 Å². The number of alkyl halides is 3. The first-order chi connectivity index (χ1) is 13.3. The highest BCUT2D eigenvalue weighted by Gasteiger charge is 2.43. The quantitative estimate of drug-likeness (QED) is 0.720. The summed E-state index contributed by atoms with van der Waals surface area (Å²) in [6.07, 6.45) is -4.47. The molecule has 0 spiro atoms. The summed E-state index contributed by atoms with van der Waals surface area (Å²) in [7, 11) is 0. The largest absolute Gasteiger partial charge is 0.456 e. The maximum atomic E-state index is 12.9. The van der Waals surface area contributed by atoms with Crippen LogP contribution in [0.5, 0.6) is 0 Å². The van der Waals surface area contributed by atoms with Crippen molar-refractivity contribution < 1.29 is 27.5 Å². The van der Waals surface area contributed by atoms with Gasteiger partial charge in [-0.15, -0.1) is 0 Å². The van der Waals surface area contributed by atoms with Gasteiger partial charge in [0.05, 0.1) is 16.8 Å². The van der Waals surface area contributed by atoms with Crippen molar-refractivity contribution >= 4 is 17.6 Å². The van der Waals surface area contributed by atoms with E-state index in [1.54, 1.807) is 6.07 Å². The second-order valence-corrected chi connectivity index (χ2v) is 6.88. The Labute approximate surface area is 159 Å². The molecule has 2 aliphatic heterocycles. The minimum atomic E-state index is -4.44. The Morgan fingerprint density at radius 3 is 2.43 bits per heavy atom. The van der Waals surface area contributed by atoms with Gasteiger partial charge in [-0.3, -0.25) is 9.69 Å². The number of aryl methyl sites for hydroxylation is 1. The monoisotopic (exact) mass is 387 g/mol. The van der Waals surface area contributed by atoms with Crippen LogP contribution in [-0.2, 0) is 20.5 Å². The maximum Gasteiger partial charge on any atom is 0.416 e. The lowest BCUT2D eigenvalue weighted by Crippen LogP contribution is -2.37. The van der Waals surface area contributed by atoms with Crippen LogP contribution in [0.15, 0.2) is 59.8 Å². The van der Waals surface area contributed by atoms with Crippen LogP contribution in [-0.4, -0.2) is 18.5 Å². The predicted octanol–water partition coefficient (Wildman–Crippen LogP) is 4.35. The van der Waals surface area contributed by atoms with E-state index in [-0.39, 0.29) is 18.9 Å². The van der Waals surface area contributed by atoms with Crippen molar-refractivity contribution in [2.45, 2.75) is 25.4 Å². The summed E-state index contributed by atoms with van der Waals surface area (Å²) < 4.78 is 43.7. The third-order valence-electron chi connectivity index (χ3n) is 5.02. The Morgan fingerprint density at radius 1 is 1.07 bits per heavy atom. The SMILES string of the molecule is Cc1cccc(N2C(=O)C[C@H](c3ccc(C(F)(F)F)cc3)C3=C2COC3=O)c1. The first-order valence-corrected chi connectivity index (χ1v) is 8.72. The van der Waals surface area contributed by atoms with Crippen LogP contribution < -0.4 is 4.90 Å². The zero-order valence-corrected chi connectivity index (χ0v) is 14.9. The van der Waals surface area contributed by atoms with Gasteiger partial charge in [-0.05, 0) is 42.3 Å². The van der Waals surface area contributed by atoms with Gasteiger partial charge in [-0.1, -0.05) is 24.3 Å². The van der Waals surface area contributed by atoms with Crippen molar-refractivity contribution in [3.63, 3.8) is 0 Å². The molecule has 0 bridgehead atoms. The maximum absolute atomic E-state index is 12.9. The molecule has 0 saturated carbocycles. The number of cyclic esters (lactones) is 1. The molecular weight excluding hydrogens is 371 g/mol. The standard InChI is InChI=1S/C21H16F3NO3/c1-12-3-2-4-15(9-12)25-17-11-28-20(27)19(17)16(10-18(25)26)13-5-7-14(8-6-13)21(22,23)24/h2-9,16H,10-11H2,1H3/t16-/m1/s1. The number of benzene rings is 2. The highest BCUT2D eigenvalue weighted by molar-refractivity contribution is 6.06.